The number of hydrogen-bond donors (Lipinski definition) is 2. The van der Waals surface area contributed by atoms with E-state index in [-0.39, 0.29) is 19.0 Å². The minimum atomic E-state index is -1.28. The maximum Gasteiger partial charge on any atom is 0.351 e. The van der Waals surface area contributed by atoms with Gasteiger partial charge < -0.3 is 38.8 Å². The van der Waals surface area contributed by atoms with Gasteiger partial charge in [0.1, 0.15) is 41.2 Å². The van der Waals surface area contributed by atoms with E-state index in [1.165, 1.54) is 16.8 Å². The summed E-state index contributed by atoms with van der Waals surface area (Å²) in [6.07, 6.45) is -2.42. The number of carbonyl (C=O) groups is 1. The Morgan fingerprint density at radius 1 is 0.788 bits per heavy atom. The highest BCUT2D eigenvalue weighted by Crippen LogP contribution is 2.46. The molecule has 1 saturated heterocycles. The molecule has 1 aromatic heterocycles. The maximum absolute atomic E-state index is 13.6. The maximum atomic E-state index is 13.6. The lowest BCUT2D eigenvalue weighted by Gasteiger charge is -2.40. The van der Waals surface area contributed by atoms with Crippen LogP contribution in [-0.2, 0) is 24.5 Å². The first kappa shape index (κ1) is 36.4. The third kappa shape index (κ3) is 7.61. The first-order valence-corrected chi connectivity index (χ1v) is 16.8. The Bertz CT molecular complexity index is 1910. The number of benzene rings is 4. The zero-order valence-electron chi connectivity index (χ0n) is 29.1. The third-order valence-electron chi connectivity index (χ3n) is 8.93. The van der Waals surface area contributed by atoms with Crippen LogP contribution in [0.15, 0.2) is 126 Å². The number of aliphatic hydroxyl groups is 1. The smallest absolute Gasteiger partial charge is 0.351 e. The molecule has 12 nitrogen and oxygen atoms in total. The van der Waals surface area contributed by atoms with Crippen molar-refractivity contribution >= 4 is 11.7 Å². The van der Waals surface area contributed by atoms with Gasteiger partial charge in [0.05, 0.1) is 34.0 Å². The van der Waals surface area contributed by atoms with Gasteiger partial charge in [0.15, 0.2) is 6.23 Å². The van der Waals surface area contributed by atoms with Crippen molar-refractivity contribution in [1.29, 1.82) is 0 Å². The van der Waals surface area contributed by atoms with E-state index in [4.69, 9.17) is 28.4 Å². The number of ether oxygens (including phenoxy) is 6. The number of methoxy groups -OCH3 is 3. The van der Waals surface area contributed by atoms with Crippen LogP contribution in [0, 0.1) is 0 Å². The van der Waals surface area contributed by atoms with Crippen molar-refractivity contribution in [1.82, 2.24) is 9.55 Å². The Kier molecular flexibility index (Phi) is 11.7. The van der Waals surface area contributed by atoms with E-state index in [1.807, 2.05) is 78.9 Å². The van der Waals surface area contributed by atoms with Crippen LogP contribution in [0.3, 0.4) is 0 Å². The van der Waals surface area contributed by atoms with Crippen molar-refractivity contribution in [3.8, 4) is 11.5 Å². The van der Waals surface area contributed by atoms with Crippen molar-refractivity contribution < 1.29 is 38.3 Å². The predicted molar refractivity (Wildman–Crippen MR) is 193 cm³/mol. The van der Waals surface area contributed by atoms with E-state index in [0.29, 0.717) is 17.1 Å². The van der Waals surface area contributed by atoms with Crippen LogP contribution < -0.4 is 20.5 Å². The molecular weight excluding hydrogens is 666 g/mol. The molecule has 52 heavy (non-hydrogen) atoms. The van der Waals surface area contributed by atoms with Gasteiger partial charge in [-0.2, -0.15) is 4.98 Å². The van der Waals surface area contributed by atoms with Crippen LogP contribution in [-0.4, -0.2) is 80.0 Å². The molecule has 0 unspecified atom stereocenters. The SMILES string of the molecule is COCCO[C@@H]1[C@H](OC(c2ccccc2)(c2ccc(OC)cc2)c2ccc(OC)cc2)[C@@H](CO)O[C@H]1n1ccc(NC(=O)c2ccccc2)nc1=O. The minimum Gasteiger partial charge on any atom is -0.497 e. The first-order chi connectivity index (χ1) is 25.4. The zero-order valence-corrected chi connectivity index (χ0v) is 29.1. The van der Waals surface area contributed by atoms with Crippen LogP contribution in [0.1, 0.15) is 33.3 Å². The second kappa shape index (κ2) is 16.8. The van der Waals surface area contributed by atoms with Gasteiger partial charge in [-0.25, -0.2) is 4.79 Å². The summed E-state index contributed by atoms with van der Waals surface area (Å²) in [5.74, 6) is 0.979. The molecule has 5 aromatic rings. The van der Waals surface area contributed by atoms with Gasteiger partial charge in [-0.3, -0.25) is 9.36 Å². The van der Waals surface area contributed by atoms with Gasteiger partial charge in [0.2, 0.25) is 0 Å². The summed E-state index contributed by atoms with van der Waals surface area (Å²) < 4.78 is 37.7. The molecule has 6 rings (SSSR count). The van der Waals surface area contributed by atoms with E-state index in [2.05, 4.69) is 10.3 Å². The van der Waals surface area contributed by atoms with Crippen LogP contribution >= 0.6 is 0 Å². The van der Waals surface area contributed by atoms with E-state index >= 15 is 0 Å². The van der Waals surface area contributed by atoms with Gasteiger partial charge in [0.25, 0.3) is 5.91 Å². The minimum absolute atomic E-state index is 0.0681. The molecule has 0 radical (unpaired) electrons. The van der Waals surface area contributed by atoms with E-state index in [9.17, 15) is 14.7 Å². The molecule has 270 valence electrons. The average Bonchev–Trinajstić information content (AvgIpc) is 3.54. The molecule has 1 amide bonds. The summed E-state index contributed by atoms with van der Waals surface area (Å²) in [7, 11) is 4.76. The second-order valence-electron chi connectivity index (χ2n) is 12.0. The molecule has 0 spiro atoms. The molecule has 1 fully saturated rings. The lowest BCUT2D eigenvalue weighted by molar-refractivity contribution is -0.129. The number of anilines is 1. The van der Waals surface area contributed by atoms with Crippen LogP contribution in [0.25, 0.3) is 0 Å². The summed E-state index contributed by atoms with van der Waals surface area (Å²) in [4.78, 5) is 30.5. The predicted octanol–water partition coefficient (Wildman–Crippen LogP) is 4.81. The Hall–Kier alpha value is -5.37. The number of aliphatic hydroxyl groups excluding tert-OH is 1. The first-order valence-electron chi connectivity index (χ1n) is 16.8. The highest BCUT2D eigenvalue weighted by Gasteiger charge is 2.52. The number of rotatable bonds is 15. The lowest BCUT2D eigenvalue weighted by atomic mass is 9.79. The molecule has 4 atom stereocenters. The van der Waals surface area contributed by atoms with E-state index in [0.717, 1.165) is 16.7 Å². The lowest BCUT2D eigenvalue weighted by Crippen LogP contribution is -2.46. The fourth-order valence-corrected chi connectivity index (χ4v) is 6.35. The monoisotopic (exact) mass is 707 g/mol. The number of carbonyl (C=O) groups excluding carboxylic acids is 1. The molecule has 0 aliphatic carbocycles. The van der Waals surface area contributed by atoms with Crippen LogP contribution in [0.2, 0.25) is 0 Å². The molecule has 4 aromatic carbocycles. The number of aromatic nitrogens is 2. The second-order valence-corrected chi connectivity index (χ2v) is 12.0. The fourth-order valence-electron chi connectivity index (χ4n) is 6.35. The van der Waals surface area contributed by atoms with E-state index < -0.39 is 48.3 Å². The quantitative estimate of drug-likeness (QED) is 0.115. The molecule has 2 N–H and O–H groups in total. The van der Waals surface area contributed by atoms with Gasteiger partial charge in [-0.1, -0.05) is 72.8 Å². The molecular formula is C40H41N3O9. The Morgan fingerprint density at radius 2 is 1.37 bits per heavy atom. The number of nitrogens with zero attached hydrogens (tertiary/aromatic N) is 2. The van der Waals surface area contributed by atoms with E-state index in [1.54, 1.807) is 51.7 Å². The van der Waals surface area contributed by atoms with Crippen molar-refractivity contribution in [2.45, 2.75) is 30.1 Å². The highest BCUT2D eigenvalue weighted by atomic mass is 16.6. The molecule has 12 heteroatoms. The third-order valence-corrected chi connectivity index (χ3v) is 8.93. The van der Waals surface area contributed by atoms with Crippen LogP contribution in [0.4, 0.5) is 5.82 Å². The van der Waals surface area contributed by atoms with Gasteiger partial charge in [-0.15, -0.1) is 0 Å². The Labute approximate surface area is 301 Å². The highest BCUT2D eigenvalue weighted by molar-refractivity contribution is 6.03. The average molecular weight is 708 g/mol. The Balaban J connectivity index is 1.44. The number of nitrogens with one attached hydrogen (secondary N) is 1. The summed E-state index contributed by atoms with van der Waals surface area (Å²) in [6.45, 7) is -0.0667. The van der Waals surface area contributed by atoms with Gasteiger partial charge >= 0.3 is 5.69 Å². The Morgan fingerprint density at radius 3 is 1.90 bits per heavy atom. The molecule has 0 bridgehead atoms. The van der Waals surface area contributed by atoms with Crippen molar-refractivity contribution in [2.75, 3.05) is 46.5 Å². The summed E-state index contributed by atoms with van der Waals surface area (Å²) in [5, 5.41) is 13.5. The molecule has 0 saturated carbocycles. The van der Waals surface area contributed by atoms with Gasteiger partial charge in [0, 0.05) is 18.9 Å². The zero-order chi connectivity index (χ0) is 36.5. The van der Waals surface area contributed by atoms with Crippen molar-refractivity contribution in [2.24, 2.45) is 0 Å². The fraction of sp³-hybridized carbons (Fsp3) is 0.275. The standard InChI is InChI=1S/C40H41N3O9/c1-47-24-25-50-36-35(33(26-44)51-38(36)43-23-22-34(42-39(43)46)41-37(45)27-10-6-4-7-11-27)52-40(28-12-8-5-9-13-28,29-14-18-31(48-2)19-15-29)30-16-20-32(49-3)21-17-30/h4-23,33,35-36,38,44H,24-26H2,1-3H3,(H,41,42,45,46)/t33-,35-,36-,38-/m1/s1. The molecule has 1 aliphatic rings. The summed E-state index contributed by atoms with van der Waals surface area (Å²) >= 11 is 0. The van der Waals surface area contributed by atoms with Crippen LogP contribution in [0.5, 0.6) is 11.5 Å². The summed E-state index contributed by atoms with van der Waals surface area (Å²) in [6, 6.07) is 34.9. The molecule has 2 heterocycles. The largest absolute Gasteiger partial charge is 0.497 e. The van der Waals surface area contributed by atoms with Crippen molar-refractivity contribution in [3.63, 3.8) is 0 Å². The number of amides is 1. The molecule has 1 aliphatic heterocycles. The summed E-state index contributed by atoms with van der Waals surface area (Å²) in [5.41, 5.74) is 0.746. The topological polar surface area (TPSA) is 140 Å². The van der Waals surface area contributed by atoms with Crippen molar-refractivity contribution in [3.05, 3.63) is 154 Å². The number of hydrogen-bond acceptors (Lipinski definition) is 10. The normalized spacial score (nSPS) is 18.5. The van der Waals surface area contributed by atoms with Gasteiger partial charge in [-0.05, 0) is 59.2 Å².